The maximum Gasteiger partial charge on any atom is 0.164 e. The minimum atomic E-state index is -1.06. The van der Waals surface area contributed by atoms with E-state index in [1.165, 1.54) is 11.0 Å². The fourth-order valence-electron chi connectivity index (χ4n) is 2.50. The molecular weight excluding hydrogens is 274 g/mol. The van der Waals surface area contributed by atoms with Gasteiger partial charge < -0.3 is 19.8 Å². The molecule has 0 aliphatic carbocycles. The van der Waals surface area contributed by atoms with Crippen LogP contribution >= 0.6 is 0 Å². The van der Waals surface area contributed by atoms with Gasteiger partial charge in [0.05, 0.1) is 6.10 Å². The lowest BCUT2D eigenvalue weighted by Crippen LogP contribution is -2.42. The van der Waals surface area contributed by atoms with Crippen LogP contribution in [-0.2, 0) is 4.74 Å². The van der Waals surface area contributed by atoms with Gasteiger partial charge in [-0.25, -0.2) is 4.99 Å². The zero-order chi connectivity index (χ0) is 15.8. The Morgan fingerprint density at radius 3 is 2.57 bits per heavy atom. The molecule has 7 nitrogen and oxygen atoms in total. The molecule has 0 aromatic heterocycles. The third-order valence-corrected chi connectivity index (χ3v) is 3.48. The largest absolute Gasteiger partial charge is 0.388 e. The molecule has 0 spiro atoms. The number of amidine groups is 1. The SMILES string of the molecule is C=C1N=C(NO)C=CN1[C@@H]1O[C@H](CC(C)(C)C)C(O)[C@@H]1O. The Hall–Kier alpha value is -1.41. The topological polar surface area (TPSA) is 97.6 Å². The standard InChI is InChI=1S/C14H23N3O4/c1-8-15-10(16-20)5-6-17(8)13-12(19)11(18)9(21-13)7-14(2,3)4/h5-6,9,11-13,18-20H,1,7H2,2-4H3,(H,15,16)/t9-,11?,12+,13-/m1/s1. The summed E-state index contributed by atoms with van der Waals surface area (Å²) in [5.74, 6) is 0.553. The van der Waals surface area contributed by atoms with Gasteiger partial charge in [-0.15, -0.1) is 0 Å². The van der Waals surface area contributed by atoms with Crippen LogP contribution in [0.1, 0.15) is 27.2 Å². The first-order valence-corrected chi connectivity index (χ1v) is 6.89. The van der Waals surface area contributed by atoms with Gasteiger partial charge in [-0.3, -0.25) is 10.7 Å². The summed E-state index contributed by atoms with van der Waals surface area (Å²) < 4.78 is 5.80. The van der Waals surface area contributed by atoms with Crippen LogP contribution in [0, 0.1) is 5.41 Å². The summed E-state index contributed by atoms with van der Waals surface area (Å²) >= 11 is 0. The number of hydrogen-bond acceptors (Lipinski definition) is 7. The molecule has 2 heterocycles. The first-order chi connectivity index (χ1) is 9.73. The first-order valence-electron chi connectivity index (χ1n) is 6.89. The van der Waals surface area contributed by atoms with Gasteiger partial charge in [-0.2, -0.15) is 0 Å². The van der Waals surface area contributed by atoms with Crippen molar-refractivity contribution >= 4 is 5.84 Å². The minimum Gasteiger partial charge on any atom is -0.388 e. The molecule has 2 aliphatic heterocycles. The Kier molecular flexibility index (Phi) is 4.38. The summed E-state index contributed by atoms with van der Waals surface area (Å²) in [6, 6.07) is 0. The fourth-order valence-corrected chi connectivity index (χ4v) is 2.50. The van der Waals surface area contributed by atoms with Crippen molar-refractivity contribution in [3.63, 3.8) is 0 Å². The third kappa shape index (κ3) is 3.44. The lowest BCUT2D eigenvalue weighted by atomic mass is 9.87. The quantitative estimate of drug-likeness (QED) is 0.556. The Labute approximate surface area is 124 Å². The van der Waals surface area contributed by atoms with Crippen molar-refractivity contribution in [2.45, 2.75) is 51.7 Å². The van der Waals surface area contributed by atoms with Gasteiger partial charge in [-0.05, 0) is 17.9 Å². The number of aliphatic hydroxyl groups is 2. The van der Waals surface area contributed by atoms with Crippen LogP contribution in [0.2, 0.25) is 0 Å². The summed E-state index contributed by atoms with van der Waals surface area (Å²) in [4.78, 5) is 5.55. The zero-order valence-corrected chi connectivity index (χ0v) is 12.5. The summed E-state index contributed by atoms with van der Waals surface area (Å²) in [5, 5.41) is 29.2. The Balaban J connectivity index is 2.10. The van der Waals surface area contributed by atoms with Gasteiger partial charge in [0.25, 0.3) is 0 Å². The van der Waals surface area contributed by atoms with E-state index in [-0.39, 0.29) is 11.3 Å². The number of hydroxylamine groups is 1. The molecule has 1 fully saturated rings. The third-order valence-electron chi connectivity index (χ3n) is 3.48. The molecule has 7 heteroatoms. The summed E-state index contributed by atoms with van der Waals surface area (Å²) in [6.45, 7) is 9.90. The molecule has 0 aromatic carbocycles. The number of rotatable bonds is 2. The van der Waals surface area contributed by atoms with Gasteiger partial charge in [0.1, 0.15) is 18.0 Å². The van der Waals surface area contributed by atoms with E-state index >= 15 is 0 Å². The van der Waals surface area contributed by atoms with Crippen molar-refractivity contribution in [2.24, 2.45) is 10.4 Å². The van der Waals surface area contributed by atoms with Crippen molar-refractivity contribution < 1.29 is 20.2 Å². The maximum absolute atomic E-state index is 10.2. The molecule has 21 heavy (non-hydrogen) atoms. The summed E-state index contributed by atoms with van der Waals surface area (Å²) in [5.41, 5.74) is 1.90. The van der Waals surface area contributed by atoms with Gasteiger partial charge in [0.15, 0.2) is 12.1 Å². The monoisotopic (exact) mass is 297 g/mol. The van der Waals surface area contributed by atoms with Gasteiger partial charge in [0.2, 0.25) is 0 Å². The second kappa shape index (κ2) is 5.76. The molecule has 4 atom stereocenters. The number of nitrogens with one attached hydrogen (secondary N) is 1. The normalized spacial score (nSPS) is 33.3. The van der Waals surface area contributed by atoms with Crippen LogP contribution in [0.3, 0.4) is 0 Å². The molecule has 4 N–H and O–H groups in total. The van der Waals surface area contributed by atoms with Crippen LogP contribution in [0.5, 0.6) is 0 Å². The second-order valence-corrected chi connectivity index (χ2v) is 6.56. The van der Waals surface area contributed by atoms with Crippen molar-refractivity contribution in [1.82, 2.24) is 10.4 Å². The Bertz CT molecular complexity index is 469. The average molecular weight is 297 g/mol. The van der Waals surface area contributed by atoms with Crippen LogP contribution in [0.25, 0.3) is 0 Å². The van der Waals surface area contributed by atoms with Gasteiger partial charge in [-0.1, -0.05) is 27.4 Å². The fraction of sp³-hybridized carbons (Fsp3) is 0.643. The van der Waals surface area contributed by atoms with E-state index < -0.39 is 24.5 Å². The van der Waals surface area contributed by atoms with E-state index in [0.29, 0.717) is 12.2 Å². The van der Waals surface area contributed by atoms with Crippen molar-refractivity contribution in [2.75, 3.05) is 0 Å². The van der Waals surface area contributed by atoms with E-state index in [1.54, 1.807) is 6.20 Å². The lowest BCUT2D eigenvalue weighted by Gasteiger charge is -2.31. The number of nitrogens with zero attached hydrogens (tertiary/aromatic N) is 2. The number of aliphatic imine (C=N–C) groups is 1. The highest BCUT2D eigenvalue weighted by Gasteiger charge is 2.46. The van der Waals surface area contributed by atoms with Crippen molar-refractivity contribution in [1.29, 1.82) is 0 Å². The molecule has 2 aliphatic rings. The molecule has 0 radical (unpaired) electrons. The summed E-state index contributed by atoms with van der Waals surface area (Å²) in [7, 11) is 0. The van der Waals surface area contributed by atoms with E-state index in [1.807, 2.05) is 26.3 Å². The highest BCUT2D eigenvalue weighted by atomic mass is 16.6. The van der Waals surface area contributed by atoms with Crippen LogP contribution in [-0.4, -0.2) is 50.7 Å². The van der Waals surface area contributed by atoms with E-state index in [9.17, 15) is 10.2 Å². The molecule has 0 bridgehead atoms. The number of aliphatic hydroxyl groups excluding tert-OH is 2. The van der Waals surface area contributed by atoms with Crippen LogP contribution in [0.15, 0.2) is 29.7 Å². The van der Waals surface area contributed by atoms with Crippen LogP contribution in [0.4, 0.5) is 0 Å². The maximum atomic E-state index is 10.2. The van der Waals surface area contributed by atoms with Gasteiger partial charge in [0, 0.05) is 6.20 Å². The second-order valence-electron chi connectivity index (χ2n) is 6.56. The molecule has 0 amide bonds. The molecule has 0 saturated carbocycles. The van der Waals surface area contributed by atoms with Gasteiger partial charge >= 0.3 is 0 Å². The smallest absolute Gasteiger partial charge is 0.164 e. The number of ether oxygens (including phenoxy) is 1. The van der Waals surface area contributed by atoms with E-state index in [0.717, 1.165) is 0 Å². The molecule has 1 unspecified atom stereocenters. The molecule has 118 valence electrons. The molecular formula is C14H23N3O4. The van der Waals surface area contributed by atoms with Crippen LogP contribution < -0.4 is 5.48 Å². The van der Waals surface area contributed by atoms with Crippen molar-refractivity contribution in [3.8, 4) is 0 Å². The van der Waals surface area contributed by atoms with E-state index in [4.69, 9.17) is 9.94 Å². The predicted molar refractivity (Wildman–Crippen MR) is 77.2 cm³/mol. The molecule has 2 rings (SSSR count). The Morgan fingerprint density at radius 1 is 1.38 bits per heavy atom. The van der Waals surface area contributed by atoms with E-state index in [2.05, 4.69) is 11.6 Å². The highest BCUT2D eigenvalue weighted by Crippen LogP contribution is 2.34. The highest BCUT2D eigenvalue weighted by molar-refractivity contribution is 5.93. The minimum absolute atomic E-state index is 0.0267. The van der Waals surface area contributed by atoms with Crippen molar-refractivity contribution in [3.05, 3.63) is 24.7 Å². The average Bonchev–Trinajstić information content (AvgIpc) is 2.65. The Morgan fingerprint density at radius 2 is 2.05 bits per heavy atom. The number of hydrogen-bond donors (Lipinski definition) is 4. The zero-order valence-electron chi connectivity index (χ0n) is 12.5. The predicted octanol–water partition coefficient (Wildman–Crippen LogP) is 0.547. The summed E-state index contributed by atoms with van der Waals surface area (Å²) in [6.07, 6.45) is 0.516. The first kappa shape index (κ1) is 16.0. The molecule has 1 saturated heterocycles. The lowest BCUT2D eigenvalue weighted by molar-refractivity contribution is -0.0654. The molecule has 0 aromatic rings.